The van der Waals surface area contributed by atoms with Gasteiger partial charge < -0.3 is 10.2 Å². The molecule has 38 heavy (non-hydrogen) atoms. The molecule has 3 rings (SSSR count). The van der Waals surface area contributed by atoms with E-state index >= 15 is 0 Å². The average Bonchev–Trinajstić information content (AvgIpc) is 2.89. The largest absolute Gasteiger partial charge is 0.352 e. The summed E-state index contributed by atoms with van der Waals surface area (Å²) in [5.41, 5.74) is 0.285. The summed E-state index contributed by atoms with van der Waals surface area (Å²) in [6.07, 6.45) is 5.13. The van der Waals surface area contributed by atoms with Crippen molar-refractivity contribution in [2.45, 2.75) is 64.1 Å². The predicted molar refractivity (Wildman–Crippen MR) is 142 cm³/mol. The third kappa shape index (κ3) is 7.28. The Balaban J connectivity index is 1.96. The van der Waals surface area contributed by atoms with Crippen molar-refractivity contribution in [3.8, 4) is 0 Å². The molecule has 1 fully saturated rings. The molecular weight excluding hydrogens is 514 g/mol. The molecule has 0 unspecified atom stereocenters. The topological polar surface area (TPSA) is 90.0 Å². The second-order valence-corrected chi connectivity index (χ2v) is 11.7. The number of carbonyl (C=O) groups is 2. The van der Waals surface area contributed by atoms with Gasteiger partial charge in [-0.15, -0.1) is 0 Å². The second kappa shape index (κ2) is 13.1. The van der Waals surface area contributed by atoms with Gasteiger partial charge in [-0.3, -0.25) is 9.59 Å². The summed E-state index contributed by atoms with van der Waals surface area (Å²) in [6.45, 7) is 0.986. The third-order valence-electron chi connectivity index (χ3n) is 6.74. The zero-order valence-electron chi connectivity index (χ0n) is 22.1. The highest BCUT2D eigenvalue weighted by Gasteiger charge is 2.35. The number of nitrogens with zero attached hydrogens (tertiary/aromatic N) is 3. The molecule has 0 saturated heterocycles. The lowest BCUT2D eigenvalue weighted by Gasteiger charge is -2.35. The lowest BCUT2D eigenvalue weighted by molar-refractivity contribution is -0.140. The number of carbonyl (C=O) groups excluding carboxylic acids is 2. The van der Waals surface area contributed by atoms with Gasteiger partial charge in [0.1, 0.15) is 24.2 Å². The molecule has 2 amide bonds. The Morgan fingerprint density at radius 2 is 1.63 bits per heavy atom. The molecule has 1 aliphatic carbocycles. The summed E-state index contributed by atoms with van der Waals surface area (Å²) in [5, 5.41) is 3.05. The number of rotatable bonds is 11. The van der Waals surface area contributed by atoms with Crippen molar-refractivity contribution in [1.82, 2.24) is 14.5 Å². The van der Waals surface area contributed by atoms with Crippen molar-refractivity contribution in [1.29, 1.82) is 0 Å². The van der Waals surface area contributed by atoms with Crippen LogP contribution in [0.2, 0.25) is 0 Å². The van der Waals surface area contributed by atoms with Crippen LogP contribution in [0.5, 0.6) is 0 Å². The molecule has 0 radical (unpaired) electrons. The number of para-hydroxylation sites is 1. The number of nitrogens with one attached hydrogen (secondary N) is 1. The molecule has 0 aliphatic heterocycles. The molecule has 1 saturated carbocycles. The number of halogens is 2. The van der Waals surface area contributed by atoms with Crippen molar-refractivity contribution in [3.05, 3.63) is 65.7 Å². The molecule has 2 aromatic rings. The van der Waals surface area contributed by atoms with Crippen molar-refractivity contribution < 1.29 is 26.8 Å². The van der Waals surface area contributed by atoms with Gasteiger partial charge >= 0.3 is 10.2 Å². The summed E-state index contributed by atoms with van der Waals surface area (Å²) >= 11 is 0. The molecule has 0 aromatic heterocycles. The van der Waals surface area contributed by atoms with Crippen LogP contribution in [0, 0.1) is 11.6 Å². The van der Waals surface area contributed by atoms with E-state index in [1.54, 1.807) is 6.92 Å². The van der Waals surface area contributed by atoms with Crippen molar-refractivity contribution in [2.75, 3.05) is 24.9 Å². The zero-order valence-corrected chi connectivity index (χ0v) is 22.9. The highest BCUT2D eigenvalue weighted by Crippen LogP contribution is 2.24. The summed E-state index contributed by atoms with van der Waals surface area (Å²) in [6, 6.07) is 9.91. The second-order valence-electron chi connectivity index (χ2n) is 9.66. The van der Waals surface area contributed by atoms with Gasteiger partial charge in [-0.05, 0) is 49.1 Å². The van der Waals surface area contributed by atoms with E-state index in [0.717, 1.165) is 42.5 Å². The van der Waals surface area contributed by atoms with Gasteiger partial charge in [0.15, 0.2) is 0 Å². The minimum absolute atomic E-state index is 0.0112. The molecule has 11 heteroatoms. The maximum Gasteiger partial charge on any atom is 0.304 e. The van der Waals surface area contributed by atoms with Crippen LogP contribution >= 0.6 is 0 Å². The molecule has 208 valence electrons. The monoisotopic (exact) mass is 550 g/mol. The van der Waals surface area contributed by atoms with Crippen LogP contribution in [0.15, 0.2) is 48.5 Å². The van der Waals surface area contributed by atoms with Gasteiger partial charge in [0.05, 0.1) is 5.69 Å². The zero-order chi connectivity index (χ0) is 27.9. The smallest absolute Gasteiger partial charge is 0.304 e. The maximum atomic E-state index is 14.7. The van der Waals surface area contributed by atoms with Crippen molar-refractivity contribution >= 4 is 27.7 Å². The maximum absolute atomic E-state index is 14.7. The number of amides is 2. The molecule has 0 spiro atoms. The van der Waals surface area contributed by atoms with Crippen LogP contribution in [0.25, 0.3) is 0 Å². The quantitative estimate of drug-likeness (QED) is 0.461. The first-order valence-electron chi connectivity index (χ1n) is 12.8. The summed E-state index contributed by atoms with van der Waals surface area (Å²) in [5.74, 6) is -2.27. The Labute approximate surface area is 223 Å². The van der Waals surface area contributed by atoms with E-state index in [1.807, 2.05) is 0 Å². The number of benzene rings is 2. The van der Waals surface area contributed by atoms with E-state index in [9.17, 15) is 26.8 Å². The van der Waals surface area contributed by atoms with Crippen molar-refractivity contribution in [3.63, 3.8) is 0 Å². The van der Waals surface area contributed by atoms with E-state index in [1.165, 1.54) is 61.5 Å². The highest BCUT2D eigenvalue weighted by atomic mass is 32.2. The van der Waals surface area contributed by atoms with Crippen LogP contribution in [0.1, 0.15) is 51.0 Å². The summed E-state index contributed by atoms with van der Waals surface area (Å²) in [7, 11) is -1.69. The van der Waals surface area contributed by atoms with Crippen LogP contribution in [0.4, 0.5) is 14.5 Å². The Hall–Kier alpha value is -3.05. The minimum Gasteiger partial charge on any atom is -0.352 e. The predicted octanol–water partition coefficient (Wildman–Crippen LogP) is 3.83. The number of hydrogen-bond acceptors (Lipinski definition) is 4. The normalized spacial score (nSPS) is 15.2. The van der Waals surface area contributed by atoms with Gasteiger partial charge in [-0.25, -0.2) is 13.1 Å². The van der Waals surface area contributed by atoms with Gasteiger partial charge in [-0.1, -0.05) is 50.5 Å². The number of anilines is 1. The molecule has 1 N–H and O–H groups in total. The first-order chi connectivity index (χ1) is 18.0. The van der Waals surface area contributed by atoms with E-state index in [2.05, 4.69) is 5.32 Å². The van der Waals surface area contributed by atoms with Gasteiger partial charge in [0.25, 0.3) is 0 Å². The van der Waals surface area contributed by atoms with Crippen LogP contribution < -0.4 is 9.62 Å². The highest BCUT2D eigenvalue weighted by molar-refractivity contribution is 7.90. The average molecular weight is 551 g/mol. The summed E-state index contributed by atoms with van der Waals surface area (Å²) in [4.78, 5) is 28.5. The van der Waals surface area contributed by atoms with Gasteiger partial charge in [0.2, 0.25) is 11.8 Å². The minimum atomic E-state index is -4.27. The Bertz CT molecular complexity index is 1200. The molecule has 1 aliphatic rings. The van der Waals surface area contributed by atoms with E-state index in [0.29, 0.717) is 9.87 Å². The summed E-state index contributed by atoms with van der Waals surface area (Å²) < 4.78 is 56.2. The van der Waals surface area contributed by atoms with E-state index in [4.69, 9.17) is 0 Å². The fourth-order valence-corrected chi connectivity index (χ4v) is 5.67. The standard InChI is InChI=1S/C27H36F2N4O4S/c1-4-24(27(35)30-22-10-6-5-7-11-22)32(18-20-14-16-21(28)17-15-20)26(34)19-33(38(36,37)31(2)3)25-13-9-8-12-23(25)29/h8-9,12-17,22,24H,4-7,10-11,18-19H2,1-3H3,(H,30,35)/t24-/m1/s1. The third-order valence-corrected chi connectivity index (χ3v) is 8.55. The van der Waals surface area contributed by atoms with E-state index in [-0.39, 0.29) is 30.6 Å². The lowest BCUT2D eigenvalue weighted by atomic mass is 9.95. The molecule has 8 nitrogen and oxygen atoms in total. The van der Waals surface area contributed by atoms with Gasteiger partial charge in [-0.2, -0.15) is 12.7 Å². The van der Waals surface area contributed by atoms with Crippen molar-refractivity contribution in [2.24, 2.45) is 0 Å². The Kier molecular flexibility index (Phi) is 10.2. The SMILES string of the molecule is CC[C@H](C(=O)NC1CCCCC1)N(Cc1ccc(F)cc1)C(=O)CN(c1ccccc1F)S(=O)(=O)N(C)C. The molecular formula is C27H36F2N4O4S. The van der Waals surface area contributed by atoms with Crippen LogP contribution in [-0.2, 0) is 26.3 Å². The lowest BCUT2D eigenvalue weighted by Crippen LogP contribution is -2.54. The molecule has 0 bridgehead atoms. The molecule has 0 heterocycles. The number of hydrogen-bond donors (Lipinski definition) is 1. The fourth-order valence-electron chi connectivity index (χ4n) is 4.61. The first kappa shape index (κ1) is 29.5. The molecule has 1 atom stereocenters. The van der Waals surface area contributed by atoms with Crippen LogP contribution in [0.3, 0.4) is 0 Å². The van der Waals surface area contributed by atoms with Crippen LogP contribution in [-0.4, -0.2) is 62.2 Å². The Morgan fingerprint density at radius 3 is 2.21 bits per heavy atom. The fraction of sp³-hybridized carbons (Fsp3) is 0.481. The first-order valence-corrected chi connectivity index (χ1v) is 14.2. The molecule has 2 aromatic carbocycles. The Morgan fingerprint density at radius 1 is 1.00 bits per heavy atom. The van der Waals surface area contributed by atoms with Gasteiger partial charge in [0, 0.05) is 26.7 Å². The van der Waals surface area contributed by atoms with E-state index < -0.39 is 40.3 Å².